The molecule has 0 aliphatic rings. The van der Waals surface area contributed by atoms with Crippen LogP contribution in [0.15, 0.2) is 47.1 Å². The third-order valence-corrected chi connectivity index (χ3v) is 4.05. The number of nitrogens with zero attached hydrogens (tertiary/aromatic N) is 4. The Morgan fingerprint density at radius 2 is 2.04 bits per heavy atom. The molecule has 0 amide bonds. The highest BCUT2D eigenvalue weighted by Crippen LogP contribution is 2.21. The van der Waals surface area contributed by atoms with Crippen LogP contribution in [0.5, 0.6) is 0 Å². The minimum atomic E-state index is -0.337. The largest absolute Gasteiger partial charge is 0.409 e. The van der Waals surface area contributed by atoms with Crippen LogP contribution in [-0.2, 0) is 13.2 Å². The molecule has 5 nitrogen and oxygen atoms in total. The molecule has 24 heavy (non-hydrogen) atoms. The van der Waals surface area contributed by atoms with Gasteiger partial charge in [0.1, 0.15) is 5.82 Å². The van der Waals surface area contributed by atoms with Crippen molar-refractivity contribution < 1.29 is 8.81 Å². The summed E-state index contributed by atoms with van der Waals surface area (Å²) >= 11 is 11.3. The molecule has 8 heteroatoms. The molecule has 124 valence electrons. The fourth-order valence-corrected chi connectivity index (χ4v) is 2.64. The first kappa shape index (κ1) is 16.8. The van der Waals surface area contributed by atoms with E-state index in [0.29, 0.717) is 29.7 Å². The van der Waals surface area contributed by atoms with E-state index in [0.717, 1.165) is 5.56 Å². The Hall–Kier alpha value is -2.09. The van der Waals surface area contributed by atoms with Gasteiger partial charge in [-0.3, -0.25) is 9.88 Å². The van der Waals surface area contributed by atoms with Gasteiger partial charge < -0.3 is 4.42 Å². The highest BCUT2D eigenvalue weighted by atomic mass is 35.5. The van der Waals surface area contributed by atoms with Crippen LogP contribution in [0.3, 0.4) is 0 Å². The molecule has 0 aliphatic heterocycles. The van der Waals surface area contributed by atoms with Crippen LogP contribution >= 0.6 is 23.8 Å². The second-order valence-corrected chi connectivity index (χ2v) is 6.02. The summed E-state index contributed by atoms with van der Waals surface area (Å²) in [6.07, 6.45) is 3.30. The van der Waals surface area contributed by atoms with Gasteiger partial charge in [0.2, 0.25) is 5.89 Å². The third kappa shape index (κ3) is 3.69. The lowest BCUT2D eigenvalue weighted by Crippen LogP contribution is -2.23. The van der Waals surface area contributed by atoms with Crippen molar-refractivity contribution in [2.24, 2.45) is 0 Å². The molecule has 2 heterocycles. The predicted molar refractivity (Wildman–Crippen MR) is 91.4 cm³/mol. The van der Waals surface area contributed by atoms with E-state index in [1.165, 1.54) is 6.07 Å². The highest BCUT2D eigenvalue weighted by molar-refractivity contribution is 7.71. The van der Waals surface area contributed by atoms with Crippen molar-refractivity contribution in [1.82, 2.24) is 19.7 Å². The highest BCUT2D eigenvalue weighted by Gasteiger charge is 2.13. The Bertz CT molecular complexity index is 876. The Labute approximate surface area is 148 Å². The van der Waals surface area contributed by atoms with Crippen molar-refractivity contribution in [3.05, 3.63) is 64.0 Å². The zero-order chi connectivity index (χ0) is 17.1. The van der Waals surface area contributed by atoms with E-state index >= 15 is 0 Å². The summed E-state index contributed by atoms with van der Waals surface area (Å²) < 4.78 is 20.9. The summed E-state index contributed by atoms with van der Waals surface area (Å²) in [4.78, 5) is 6.04. The molecule has 0 saturated carbocycles. The standard InChI is InChI=1S/C16H14ClFN4OS/c1-21(9-12-13(17)3-2-4-14(12)18)10-22-16(24)23-15(20-22)11-5-7-19-8-6-11/h2-8H,9-10H2,1H3. The average Bonchev–Trinajstić information content (AvgIpc) is 2.93. The van der Waals surface area contributed by atoms with Crippen molar-refractivity contribution in [3.8, 4) is 11.5 Å². The Kier molecular flexibility index (Phi) is 5.03. The number of pyridine rings is 1. The van der Waals surface area contributed by atoms with Crippen LogP contribution in [0.2, 0.25) is 5.02 Å². The number of aromatic nitrogens is 3. The molecule has 1 aromatic carbocycles. The van der Waals surface area contributed by atoms with Crippen molar-refractivity contribution in [3.63, 3.8) is 0 Å². The van der Waals surface area contributed by atoms with Gasteiger partial charge in [-0.15, -0.1) is 5.10 Å². The second kappa shape index (κ2) is 7.21. The van der Waals surface area contributed by atoms with Gasteiger partial charge >= 0.3 is 0 Å². The molecule has 0 unspecified atom stereocenters. The predicted octanol–water partition coefficient (Wildman–Crippen LogP) is 4.15. The summed E-state index contributed by atoms with van der Waals surface area (Å²) in [5.74, 6) is 0.0790. The molecule has 0 saturated heterocycles. The van der Waals surface area contributed by atoms with Gasteiger partial charge in [-0.1, -0.05) is 17.7 Å². The van der Waals surface area contributed by atoms with Crippen LogP contribution in [0, 0.1) is 10.7 Å². The van der Waals surface area contributed by atoms with Crippen molar-refractivity contribution in [1.29, 1.82) is 0 Å². The van der Waals surface area contributed by atoms with E-state index in [2.05, 4.69) is 10.1 Å². The minimum absolute atomic E-state index is 0.244. The van der Waals surface area contributed by atoms with Gasteiger partial charge in [0.15, 0.2) is 0 Å². The lowest BCUT2D eigenvalue weighted by Gasteiger charge is -2.17. The van der Waals surface area contributed by atoms with Gasteiger partial charge in [0, 0.05) is 35.1 Å². The van der Waals surface area contributed by atoms with E-state index in [9.17, 15) is 4.39 Å². The first-order valence-corrected chi connectivity index (χ1v) is 7.93. The fraction of sp³-hybridized carbons (Fsp3) is 0.188. The van der Waals surface area contributed by atoms with Crippen molar-refractivity contribution >= 4 is 23.8 Å². The minimum Gasteiger partial charge on any atom is -0.409 e. The molecule has 0 N–H and O–H groups in total. The Morgan fingerprint density at radius 3 is 2.75 bits per heavy atom. The molecule has 2 aromatic heterocycles. The van der Waals surface area contributed by atoms with Gasteiger partial charge in [-0.25, -0.2) is 9.07 Å². The normalized spacial score (nSPS) is 11.2. The molecule has 0 spiro atoms. The lowest BCUT2D eigenvalue weighted by molar-refractivity contribution is 0.238. The second-order valence-electron chi connectivity index (χ2n) is 5.26. The van der Waals surface area contributed by atoms with Gasteiger partial charge in [0.05, 0.1) is 6.67 Å². The number of hydrogen-bond acceptors (Lipinski definition) is 5. The van der Waals surface area contributed by atoms with Crippen molar-refractivity contribution in [2.75, 3.05) is 7.05 Å². The van der Waals surface area contributed by atoms with E-state index in [4.69, 9.17) is 28.2 Å². The van der Waals surface area contributed by atoms with Crippen LogP contribution in [0.1, 0.15) is 5.56 Å². The quantitative estimate of drug-likeness (QED) is 0.636. The number of rotatable bonds is 5. The van der Waals surface area contributed by atoms with Crippen LogP contribution in [-0.4, -0.2) is 26.7 Å². The molecular formula is C16H14ClFN4OS. The molecule has 3 aromatic rings. The van der Waals surface area contributed by atoms with E-state index < -0.39 is 0 Å². The topological polar surface area (TPSA) is 47.1 Å². The van der Waals surface area contributed by atoms with Crippen LogP contribution in [0.4, 0.5) is 4.39 Å². The summed E-state index contributed by atoms with van der Waals surface area (Å²) in [7, 11) is 1.82. The van der Waals surface area contributed by atoms with Crippen LogP contribution in [0.25, 0.3) is 11.5 Å². The summed E-state index contributed by atoms with van der Waals surface area (Å²) in [6.45, 7) is 0.669. The summed E-state index contributed by atoms with van der Waals surface area (Å²) in [5, 5.41) is 4.75. The fourth-order valence-electron chi connectivity index (χ4n) is 2.24. The maximum Gasteiger partial charge on any atom is 0.288 e. The maximum atomic E-state index is 13.9. The Morgan fingerprint density at radius 1 is 1.29 bits per heavy atom. The molecular weight excluding hydrogens is 351 g/mol. The Balaban J connectivity index is 1.77. The smallest absolute Gasteiger partial charge is 0.288 e. The van der Waals surface area contributed by atoms with E-state index in [-0.39, 0.29) is 10.7 Å². The maximum absolute atomic E-state index is 13.9. The first-order valence-electron chi connectivity index (χ1n) is 7.14. The van der Waals surface area contributed by atoms with E-state index in [1.54, 1.807) is 41.3 Å². The third-order valence-electron chi connectivity index (χ3n) is 3.40. The summed E-state index contributed by atoms with van der Waals surface area (Å²) in [6, 6.07) is 8.20. The number of halogens is 2. The van der Waals surface area contributed by atoms with E-state index in [1.807, 2.05) is 11.9 Å². The molecule has 0 bridgehead atoms. The van der Waals surface area contributed by atoms with Crippen molar-refractivity contribution in [2.45, 2.75) is 13.2 Å². The molecule has 3 rings (SSSR count). The number of hydrogen-bond donors (Lipinski definition) is 0. The summed E-state index contributed by atoms with van der Waals surface area (Å²) in [5.41, 5.74) is 1.22. The van der Waals surface area contributed by atoms with Gasteiger partial charge in [-0.2, -0.15) is 0 Å². The number of benzene rings is 1. The monoisotopic (exact) mass is 364 g/mol. The molecule has 0 aliphatic carbocycles. The molecule has 0 atom stereocenters. The SMILES string of the molecule is CN(Cc1c(F)cccc1Cl)Cn1nc(-c2ccncc2)oc1=S. The van der Waals surface area contributed by atoms with Gasteiger partial charge in [0.25, 0.3) is 4.84 Å². The molecule has 0 fully saturated rings. The zero-order valence-corrected chi connectivity index (χ0v) is 14.4. The lowest BCUT2D eigenvalue weighted by atomic mass is 10.2. The molecule has 0 radical (unpaired) electrons. The average molecular weight is 365 g/mol. The first-order chi connectivity index (χ1) is 11.5. The van der Waals surface area contributed by atoms with Crippen LogP contribution < -0.4 is 0 Å². The van der Waals surface area contributed by atoms with Gasteiger partial charge in [-0.05, 0) is 43.5 Å². The zero-order valence-electron chi connectivity index (χ0n) is 12.8.